The molecule has 0 N–H and O–H groups in total. The lowest BCUT2D eigenvalue weighted by Crippen LogP contribution is -2.27. The monoisotopic (exact) mass is 403 g/mol. The van der Waals surface area contributed by atoms with E-state index in [2.05, 4.69) is 66.4 Å². The number of rotatable bonds is 9. The summed E-state index contributed by atoms with van der Waals surface area (Å²) in [5.41, 5.74) is 4.25. The van der Waals surface area contributed by atoms with Crippen LogP contribution in [0.25, 0.3) is 0 Å². The van der Waals surface area contributed by atoms with Crippen molar-refractivity contribution in [2.45, 2.75) is 55.7 Å². The second kappa shape index (κ2) is 10.5. The zero-order chi connectivity index (χ0) is 19.1. The van der Waals surface area contributed by atoms with Crippen LogP contribution in [0, 0.1) is 0 Å². The van der Waals surface area contributed by atoms with E-state index in [0.717, 1.165) is 45.3 Å². The van der Waals surface area contributed by atoms with E-state index in [1.807, 2.05) is 0 Å². The van der Waals surface area contributed by atoms with E-state index in [1.165, 1.54) is 23.1 Å². The van der Waals surface area contributed by atoms with Crippen LogP contribution >= 0.6 is 23.2 Å². The van der Waals surface area contributed by atoms with Gasteiger partial charge in [0.1, 0.15) is 0 Å². The van der Waals surface area contributed by atoms with E-state index < -0.39 is 0 Å². The van der Waals surface area contributed by atoms with Crippen LogP contribution in [0.3, 0.4) is 0 Å². The molecule has 1 saturated carbocycles. The summed E-state index contributed by atoms with van der Waals surface area (Å²) in [4.78, 5) is 2.56. The van der Waals surface area contributed by atoms with Crippen molar-refractivity contribution in [2.24, 2.45) is 0 Å². The number of alkyl halides is 2. The van der Waals surface area contributed by atoms with Crippen LogP contribution < -0.4 is 0 Å². The summed E-state index contributed by atoms with van der Waals surface area (Å²) in [6.07, 6.45) is 5.49. The van der Waals surface area contributed by atoms with Gasteiger partial charge in [-0.2, -0.15) is 0 Å². The average molecular weight is 404 g/mol. The molecule has 0 heterocycles. The highest BCUT2D eigenvalue weighted by Crippen LogP contribution is 2.40. The second-order valence-corrected chi connectivity index (χ2v) is 8.84. The van der Waals surface area contributed by atoms with Crippen LogP contribution in [0.4, 0.5) is 0 Å². The molecule has 1 nitrogen and oxygen atoms in total. The first-order chi connectivity index (χ1) is 13.2. The van der Waals surface area contributed by atoms with Gasteiger partial charge < -0.3 is 4.90 Å². The van der Waals surface area contributed by atoms with E-state index in [4.69, 9.17) is 23.2 Å². The van der Waals surface area contributed by atoms with E-state index >= 15 is 0 Å². The number of aryl methyl sites for hydroxylation is 1. The van der Waals surface area contributed by atoms with Crippen LogP contribution in [0.2, 0.25) is 0 Å². The molecule has 2 atom stereocenters. The molecular weight excluding hydrogens is 373 g/mol. The van der Waals surface area contributed by atoms with Crippen LogP contribution in [0.1, 0.15) is 48.8 Å². The standard InChI is InChI=1S/C24H31Cl2N/c1-2-27(16-14-19-7-4-3-5-8-19)15-6-9-20-10-12-21(13-11-20)22-17-23(25)24(26)18-22/h3-5,7-8,10-13,22-24H,2,6,9,14-18H2,1H3. The van der Waals surface area contributed by atoms with Gasteiger partial charge in [-0.15, -0.1) is 23.2 Å². The quantitative estimate of drug-likeness (QED) is 0.445. The number of likely N-dealkylation sites (N-methyl/N-ethyl adjacent to an activating group) is 1. The van der Waals surface area contributed by atoms with Crippen molar-refractivity contribution in [3.8, 4) is 0 Å². The summed E-state index contributed by atoms with van der Waals surface area (Å²) in [6, 6.07) is 19.9. The predicted molar refractivity (Wildman–Crippen MR) is 118 cm³/mol. The van der Waals surface area contributed by atoms with Crippen LogP contribution in [0.5, 0.6) is 0 Å². The average Bonchev–Trinajstić information content (AvgIpc) is 3.04. The van der Waals surface area contributed by atoms with Gasteiger partial charge in [0.15, 0.2) is 0 Å². The Kier molecular flexibility index (Phi) is 8.06. The Morgan fingerprint density at radius 2 is 1.44 bits per heavy atom. The van der Waals surface area contributed by atoms with Gasteiger partial charge in [0.25, 0.3) is 0 Å². The Morgan fingerprint density at radius 3 is 2.07 bits per heavy atom. The van der Waals surface area contributed by atoms with Crippen molar-refractivity contribution in [2.75, 3.05) is 19.6 Å². The number of nitrogens with zero attached hydrogens (tertiary/aromatic N) is 1. The highest BCUT2D eigenvalue weighted by molar-refractivity contribution is 6.30. The maximum Gasteiger partial charge on any atom is 0.0505 e. The Bertz CT molecular complexity index is 661. The van der Waals surface area contributed by atoms with Crippen molar-refractivity contribution < 1.29 is 0 Å². The van der Waals surface area contributed by atoms with E-state index in [0.29, 0.717) is 5.92 Å². The first-order valence-electron chi connectivity index (χ1n) is 10.3. The molecule has 146 valence electrons. The molecule has 2 unspecified atom stereocenters. The molecule has 27 heavy (non-hydrogen) atoms. The third-order valence-corrected chi connectivity index (χ3v) is 6.90. The molecule has 0 bridgehead atoms. The normalized spacial score (nSPS) is 22.4. The number of hydrogen-bond donors (Lipinski definition) is 0. The molecule has 2 aromatic carbocycles. The Morgan fingerprint density at radius 1 is 0.815 bits per heavy atom. The Balaban J connectivity index is 1.41. The molecule has 0 amide bonds. The molecule has 0 spiro atoms. The fraction of sp³-hybridized carbons (Fsp3) is 0.500. The molecule has 0 aromatic heterocycles. The van der Waals surface area contributed by atoms with Crippen molar-refractivity contribution in [1.82, 2.24) is 4.90 Å². The second-order valence-electron chi connectivity index (χ2n) is 7.72. The third-order valence-electron chi connectivity index (χ3n) is 5.81. The molecular formula is C24H31Cl2N. The van der Waals surface area contributed by atoms with Gasteiger partial charge in [-0.25, -0.2) is 0 Å². The zero-order valence-corrected chi connectivity index (χ0v) is 17.8. The first-order valence-corrected chi connectivity index (χ1v) is 11.2. The molecule has 1 aliphatic carbocycles. The minimum atomic E-state index is 0.118. The lowest BCUT2D eigenvalue weighted by molar-refractivity contribution is 0.288. The predicted octanol–water partition coefficient (Wildman–Crippen LogP) is 6.28. The largest absolute Gasteiger partial charge is 0.303 e. The summed E-state index contributed by atoms with van der Waals surface area (Å²) in [5.74, 6) is 0.526. The van der Waals surface area contributed by atoms with E-state index in [9.17, 15) is 0 Å². The number of benzene rings is 2. The van der Waals surface area contributed by atoms with Gasteiger partial charge in [0.2, 0.25) is 0 Å². The summed E-state index contributed by atoms with van der Waals surface area (Å²) in [7, 11) is 0. The highest BCUT2D eigenvalue weighted by Gasteiger charge is 2.32. The molecule has 1 fully saturated rings. The summed E-state index contributed by atoms with van der Waals surface area (Å²) in [6.45, 7) is 5.68. The summed E-state index contributed by atoms with van der Waals surface area (Å²) >= 11 is 12.6. The van der Waals surface area contributed by atoms with Crippen LogP contribution in [-0.2, 0) is 12.8 Å². The van der Waals surface area contributed by atoms with Gasteiger partial charge >= 0.3 is 0 Å². The SMILES string of the molecule is CCN(CCCc1ccc(C2CC(Cl)C(Cl)C2)cc1)CCc1ccccc1. The molecule has 3 rings (SSSR count). The zero-order valence-electron chi connectivity index (χ0n) is 16.3. The van der Waals surface area contributed by atoms with Gasteiger partial charge in [-0.3, -0.25) is 0 Å². The summed E-state index contributed by atoms with van der Waals surface area (Å²) < 4.78 is 0. The van der Waals surface area contributed by atoms with Crippen molar-refractivity contribution in [3.63, 3.8) is 0 Å². The lowest BCUT2D eigenvalue weighted by atomic mass is 9.96. The smallest absolute Gasteiger partial charge is 0.0505 e. The number of halogens is 2. The molecule has 2 aromatic rings. The maximum absolute atomic E-state index is 6.28. The van der Waals surface area contributed by atoms with E-state index in [-0.39, 0.29) is 10.8 Å². The minimum Gasteiger partial charge on any atom is -0.303 e. The van der Waals surface area contributed by atoms with E-state index in [1.54, 1.807) is 0 Å². The van der Waals surface area contributed by atoms with Crippen LogP contribution in [0.15, 0.2) is 54.6 Å². The highest BCUT2D eigenvalue weighted by atomic mass is 35.5. The molecule has 0 saturated heterocycles. The number of hydrogen-bond acceptors (Lipinski definition) is 1. The molecule has 0 radical (unpaired) electrons. The first kappa shape index (κ1) is 20.7. The fourth-order valence-corrected chi connectivity index (χ4v) is 4.67. The topological polar surface area (TPSA) is 3.24 Å². The molecule has 3 heteroatoms. The lowest BCUT2D eigenvalue weighted by Gasteiger charge is -2.20. The van der Waals surface area contributed by atoms with Crippen molar-refractivity contribution in [3.05, 3.63) is 71.3 Å². The Labute approximate surface area is 174 Å². The maximum atomic E-state index is 6.28. The van der Waals surface area contributed by atoms with Crippen LogP contribution in [-0.4, -0.2) is 35.3 Å². The minimum absolute atomic E-state index is 0.118. The molecule has 1 aliphatic rings. The third kappa shape index (κ3) is 6.24. The van der Waals surface area contributed by atoms with Crippen molar-refractivity contribution in [1.29, 1.82) is 0 Å². The Hall–Kier alpha value is -1.02. The van der Waals surface area contributed by atoms with Gasteiger partial charge in [0.05, 0.1) is 10.8 Å². The van der Waals surface area contributed by atoms with Gasteiger partial charge in [0, 0.05) is 6.54 Å². The fourth-order valence-electron chi connectivity index (χ4n) is 4.03. The molecule has 0 aliphatic heterocycles. The van der Waals surface area contributed by atoms with Gasteiger partial charge in [-0.05, 0) is 67.8 Å². The van der Waals surface area contributed by atoms with Crippen molar-refractivity contribution >= 4 is 23.2 Å². The van der Waals surface area contributed by atoms with Gasteiger partial charge in [-0.1, -0.05) is 61.5 Å². The summed E-state index contributed by atoms with van der Waals surface area (Å²) in [5, 5.41) is 0.236.